The molecule has 0 fully saturated rings. The number of nitrogens with two attached hydrogens (primary N) is 2. The topological polar surface area (TPSA) is 116 Å². The summed E-state index contributed by atoms with van der Waals surface area (Å²) >= 11 is 0. The molecule has 1 rings (SSSR count). The van der Waals surface area contributed by atoms with E-state index in [1.807, 2.05) is 0 Å². The van der Waals surface area contributed by atoms with Crippen LogP contribution >= 0.6 is 0 Å². The number of amides is 1. The van der Waals surface area contributed by atoms with Crippen molar-refractivity contribution in [1.82, 2.24) is 0 Å². The number of carbonyl (C=O) groups excluding carboxylic acids is 1. The van der Waals surface area contributed by atoms with Crippen LogP contribution in [0.5, 0.6) is 5.75 Å². The Morgan fingerprint density at radius 3 is 2.59 bits per heavy atom. The number of hydrogen-bond donors (Lipinski definition) is 3. The lowest BCUT2D eigenvalue weighted by Gasteiger charge is -2.15. The minimum atomic E-state index is -1.10. The summed E-state index contributed by atoms with van der Waals surface area (Å²) in [5.41, 5.74) is 11.0. The molecular formula is C11H14N2O4. The van der Waals surface area contributed by atoms with Crippen LogP contribution in [0, 0.1) is 0 Å². The normalized spacial score (nSPS) is 11.8. The average Bonchev–Trinajstić information content (AvgIpc) is 2.27. The van der Waals surface area contributed by atoms with Gasteiger partial charge < -0.3 is 21.3 Å². The number of primary amides is 1. The number of carboxylic acid groups (broad SMARTS) is 1. The summed E-state index contributed by atoms with van der Waals surface area (Å²) in [7, 11) is 0. The van der Waals surface area contributed by atoms with Crippen molar-refractivity contribution in [3.8, 4) is 5.75 Å². The number of anilines is 1. The van der Waals surface area contributed by atoms with E-state index >= 15 is 0 Å². The van der Waals surface area contributed by atoms with Crippen molar-refractivity contribution in [2.45, 2.75) is 19.4 Å². The zero-order chi connectivity index (χ0) is 13.0. The lowest BCUT2D eigenvalue weighted by molar-refractivity contribution is -0.124. The molecule has 17 heavy (non-hydrogen) atoms. The number of hydrogen-bond acceptors (Lipinski definition) is 4. The second-order valence-corrected chi connectivity index (χ2v) is 3.47. The Bertz CT molecular complexity index is 445. The predicted octanol–water partition coefficient (Wildman–Crippen LogP) is 0.610. The van der Waals surface area contributed by atoms with Crippen LogP contribution in [0.4, 0.5) is 5.69 Å². The molecule has 92 valence electrons. The average molecular weight is 238 g/mol. The van der Waals surface area contributed by atoms with Crippen molar-refractivity contribution in [3.63, 3.8) is 0 Å². The molecule has 0 aliphatic rings. The van der Waals surface area contributed by atoms with Crippen LogP contribution in [0.1, 0.15) is 23.7 Å². The molecule has 0 aliphatic heterocycles. The number of aromatic carboxylic acids is 1. The molecule has 0 saturated carbocycles. The maximum atomic E-state index is 11.0. The van der Waals surface area contributed by atoms with Crippen molar-refractivity contribution in [3.05, 3.63) is 23.8 Å². The summed E-state index contributed by atoms with van der Waals surface area (Å²) in [5, 5.41) is 8.81. The summed E-state index contributed by atoms with van der Waals surface area (Å²) < 4.78 is 5.28. The number of ether oxygens (including phenoxy) is 1. The minimum Gasteiger partial charge on any atom is -0.478 e. The maximum Gasteiger partial charge on any atom is 0.335 e. The molecule has 6 heteroatoms. The Kier molecular flexibility index (Phi) is 3.92. The number of nitrogen functional groups attached to an aromatic ring is 1. The first-order chi connectivity index (χ1) is 7.95. The smallest absolute Gasteiger partial charge is 0.335 e. The van der Waals surface area contributed by atoms with Gasteiger partial charge in [0.2, 0.25) is 0 Å². The number of carbonyl (C=O) groups is 2. The van der Waals surface area contributed by atoms with Gasteiger partial charge in [-0.05, 0) is 24.6 Å². The van der Waals surface area contributed by atoms with Gasteiger partial charge in [-0.3, -0.25) is 4.79 Å². The molecule has 1 aromatic carbocycles. The molecule has 0 radical (unpaired) electrons. The van der Waals surface area contributed by atoms with E-state index in [1.165, 1.54) is 18.2 Å². The van der Waals surface area contributed by atoms with Gasteiger partial charge in [0.25, 0.3) is 5.91 Å². The van der Waals surface area contributed by atoms with Gasteiger partial charge >= 0.3 is 5.97 Å². The van der Waals surface area contributed by atoms with Gasteiger partial charge in [-0.2, -0.15) is 0 Å². The molecule has 0 heterocycles. The summed E-state index contributed by atoms with van der Waals surface area (Å²) in [6.07, 6.45) is -0.437. The Labute approximate surface area is 98.2 Å². The van der Waals surface area contributed by atoms with E-state index in [0.29, 0.717) is 6.42 Å². The van der Waals surface area contributed by atoms with Crippen molar-refractivity contribution in [1.29, 1.82) is 0 Å². The van der Waals surface area contributed by atoms with Gasteiger partial charge in [-0.25, -0.2) is 4.79 Å². The highest BCUT2D eigenvalue weighted by Crippen LogP contribution is 2.24. The summed E-state index contributed by atoms with van der Waals surface area (Å²) in [4.78, 5) is 21.8. The van der Waals surface area contributed by atoms with E-state index in [4.69, 9.17) is 21.3 Å². The molecule has 1 unspecified atom stereocenters. The minimum absolute atomic E-state index is 0.0357. The lowest BCUT2D eigenvalue weighted by Crippen LogP contribution is -2.33. The summed E-state index contributed by atoms with van der Waals surface area (Å²) in [6, 6.07) is 4.03. The third-order valence-corrected chi connectivity index (χ3v) is 2.22. The van der Waals surface area contributed by atoms with E-state index in [1.54, 1.807) is 6.92 Å². The van der Waals surface area contributed by atoms with Crippen LogP contribution in [0.25, 0.3) is 0 Å². The van der Waals surface area contributed by atoms with Crippen LogP contribution in [-0.2, 0) is 4.79 Å². The fraction of sp³-hybridized carbons (Fsp3) is 0.273. The highest BCUT2D eigenvalue weighted by atomic mass is 16.5. The summed E-state index contributed by atoms with van der Waals surface area (Å²) in [5.74, 6) is -1.56. The van der Waals surface area contributed by atoms with Crippen molar-refractivity contribution >= 4 is 17.6 Å². The van der Waals surface area contributed by atoms with Gasteiger partial charge in [0, 0.05) is 0 Å². The van der Waals surface area contributed by atoms with Crippen LogP contribution in [0.15, 0.2) is 18.2 Å². The Hall–Kier alpha value is -2.24. The zero-order valence-electron chi connectivity index (χ0n) is 9.34. The molecular weight excluding hydrogens is 224 g/mol. The van der Waals surface area contributed by atoms with Gasteiger partial charge in [0.15, 0.2) is 6.10 Å². The molecule has 1 aromatic rings. The third-order valence-electron chi connectivity index (χ3n) is 2.22. The monoisotopic (exact) mass is 238 g/mol. The number of carboxylic acids is 1. The Morgan fingerprint density at radius 1 is 1.47 bits per heavy atom. The SMILES string of the molecule is CCC(Oc1cc(C(=O)O)ccc1N)C(N)=O. The Balaban J connectivity index is 3.00. The second-order valence-electron chi connectivity index (χ2n) is 3.47. The predicted molar refractivity (Wildman–Crippen MR) is 61.7 cm³/mol. The molecule has 0 spiro atoms. The van der Waals surface area contributed by atoms with Crippen LogP contribution in [-0.4, -0.2) is 23.1 Å². The highest BCUT2D eigenvalue weighted by molar-refractivity contribution is 5.89. The molecule has 1 amide bonds. The maximum absolute atomic E-state index is 11.0. The van der Waals surface area contributed by atoms with E-state index in [-0.39, 0.29) is 17.0 Å². The van der Waals surface area contributed by atoms with Crippen LogP contribution < -0.4 is 16.2 Å². The van der Waals surface area contributed by atoms with Gasteiger partial charge in [-0.1, -0.05) is 6.92 Å². The van der Waals surface area contributed by atoms with Crippen LogP contribution in [0.2, 0.25) is 0 Å². The van der Waals surface area contributed by atoms with Crippen molar-refractivity contribution in [2.24, 2.45) is 5.73 Å². The molecule has 6 nitrogen and oxygen atoms in total. The Morgan fingerprint density at radius 2 is 2.12 bits per heavy atom. The highest BCUT2D eigenvalue weighted by Gasteiger charge is 2.17. The molecule has 1 atom stereocenters. The van der Waals surface area contributed by atoms with E-state index < -0.39 is 18.0 Å². The fourth-order valence-corrected chi connectivity index (χ4v) is 1.27. The molecule has 0 bridgehead atoms. The van der Waals surface area contributed by atoms with Gasteiger partial charge in [-0.15, -0.1) is 0 Å². The van der Waals surface area contributed by atoms with E-state index in [9.17, 15) is 9.59 Å². The number of benzene rings is 1. The van der Waals surface area contributed by atoms with E-state index in [2.05, 4.69) is 0 Å². The molecule has 0 aromatic heterocycles. The first-order valence-corrected chi connectivity index (χ1v) is 5.04. The first kappa shape index (κ1) is 12.8. The zero-order valence-corrected chi connectivity index (χ0v) is 9.34. The fourth-order valence-electron chi connectivity index (χ4n) is 1.27. The summed E-state index contributed by atoms with van der Waals surface area (Å²) in [6.45, 7) is 1.73. The largest absolute Gasteiger partial charge is 0.478 e. The first-order valence-electron chi connectivity index (χ1n) is 5.04. The van der Waals surface area contributed by atoms with Crippen molar-refractivity contribution < 1.29 is 19.4 Å². The van der Waals surface area contributed by atoms with E-state index in [0.717, 1.165) is 0 Å². The molecule has 0 aliphatic carbocycles. The van der Waals surface area contributed by atoms with Crippen LogP contribution in [0.3, 0.4) is 0 Å². The lowest BCUT2D eigenvalue weighted by atomic mass is 10.2. The molecule has 5 N–H and O–H groups in total. The van der Waals surface area contributed by atoms with Gasteiger partial charge in [0.1, 0.15) is 5.75 Å². The second kappa shape index (κ2) is 5.20. The molecule has 0 saturated heterocycles. The standard InChI is InChI=1S/C11H14N2O4/c1-2-8(10(13)14)17-9-5-6(11(15)16)3-4-7(9)12/h3-5,8H,2,12H2,1H3,(H2,13,14)(H,15,16). The number of rotatable bonds is 5. The third kappa shape index (κ3) is 3.10. The van der Waals surface area contributed by atoms with Crippen molar-refractivity contribution in [2.75, 3.05) is 5.73 Å². The van der Waals surface area contributed by atoms with Gasteiger partial charge in [0.05, 0.1) is 11.3 Å². The quantitative estimate of drug-likeness (QED) is 0.650.